The first-order chi connectivity index (χ1) is 12.6. The molecule has 3 aromatic rings. The Hall–Kier alpha value is -2.54. The third-order valence-electron chi connectivity index (χ3n) is 4.50. The summed E-state index contributed by atoms with van der Waals surface area (Å²) in [5.41, 5.74) is 3.56. The fourth-order valence-corrected chi connectivity index (χ4v) is 4.12. The highest BCUT2D eigenvalue weighted by Gasteiger charge is 2.33. The summed E-state index contributed by atoms with van der Waals surface area (Å²) >= 11 is 1.76. The van der Waals surface area contributed by atoms with Gasteiger partial charge in [0.25, 0.3) is 11.9 Å². The molecule has 1 fully saturated rings. The third-order valence-corrected chi connectivity index (χ3v) is 5.47. The number of nitrogens with zero attached hydrogens (tertiary/aromatic N) is 4. The maximum atomic E-state index is 12.4. The van der Waals surface area contributed by atoms with Crippen molar-refractivity contribution in [1.29, 1.82) is 0 Å². The molecule has 3 heterocycles. The maximum absolute atomic E-state index is 12.4. The van der Waals surface area contributed by atoms with Gasteiger partial charge in [-0.05, 0) is 45.7 Å². The van der Waals surface area contributed by atoms with Crippen molar-refractivity contribution < 1.29 is 4.79 Å². The number of aromatic nitrogens is 4. The molecule has 3 aromatic heterocycles. The van der Waals surface area contributed by atoms with Crippen molar-refractivity contribution in [3.63, 3.8) is 0 Å². The summed E-state index contributed by atoms with van der Waals surface area (Å²) in [5, 5.41) is 7.31. The quantitative estimate of drug-likeness (QED) is 0.747. The second-order valence-electron chi connectivity index (χ2n) is 6.56. The van der Waals surface area contributed by atoms with Gasteiger partial charge in [-0.3, -0.25) is 4.79 Å². The molecule has 0 saturated heterocycles. The minimum atomic E-state index is -0.0823. The molecule has 0 unspecified atom stereocenters. The van der Waals surface area contributed by atoms with Crippen LogP contribution in [-0.2, 0) is 0 Å². The number of carbonyl (C=O) groups is 1. The SMILES string of the molecule is CCNC(=O)c1cnn(-c2nccc(-c3cc(C)sc3C)n2)c1C1CC1. The molecule has 0 aliphatic heterocycles. The molecule has 1 aliphatic rings. The normalized spacial score (nSPS) is 13.8. The molecular weight excluding hydrogens is 346 g/mol. The van der Waals surface area contributed by atoms with Gasteiger partial charge in [-0.25, -0.2) is 14.6 Å². The van der Waals surface area contributed by atoms with Crippen molar-refractivity contribution in [1.82, 2.24) is 25.1 Å². The molecule has 0 atom stereocenters. The average molecular weight is 367 g/mol. The number of amides is 1. The molecule has 0 aromatic carbocycles. The van der Waals surface area contributed by atoms with Crippen molar-refractivity contribution in [3.8, 4) is 17.2 Å². The van der Waals surface area contributed by atoms with Crippen LogP contribution in [0.3, 0.4) is 0 Å². The van der Waals surface area contributed by atoms with E-state index in [-0.39, 0.29) is 5.91 Å². The van der Waals surface area contributed by atoms with Crippen LogP contribution in [0.1, 0.15) is 51.5 Å². The first kappa shape index (κ1) is 16.9. The number of nitrogens with one attached hydrogen (secondary N) is 1. The van der Waals surface area contributed by atoms with Crippen LogP contribution in [0, 0.1) is 13.8 Å². The molecule has 0 spiro atoms. The van der Waals surface area contributed by atoms with E-state index < -0.39 is 0 Å². The minimum absolute atomic E-state index is 0.0823. The molecule has 0 radical (unpaired) electrons. The van der Waals surface area contributed by atoms with Gasteiger partial charge in [-0.1, -0.05) is 0 Å². The number of hydrogen-bond acceptors (Lipinski definition) is 5. The first-order valence-electron chi connectivity index (χ1n) is 8.85. The van der Waals surface area contributed by atoms with Crippen molar-refractivity contribution in [3.05, 3.63) is 45.5 Å². The number of thiophene rings is 1. The predicted molar refractivity (Wildman–Crippen MR) is 102 cm³/mol. The zero-order valence-corrected chi connectivity index (χ0v) is 15.9. The lowest BCUT2D eigenvalue weighted by Gasteiger charge is -2.08. The molecule has 7 heteroatoms. The lowest BCUT2D eigenvalue weighted by molar-refractivity contribution is 0.0955. The second kappa shape index (κ2) is 6.64. The Morgan fingerprint density at radius 1 is 1.38 bits per heavy atom. The van der Waals surface area contributed by atoms with Gasteiger partial charge in [0.05, 0.1) is 23.1 Å². The number of rotatable bonds is 5. The van der Waals surface area contributed by atoms with Gasteiger partial charge in [0.1, 0.15) is 0 Å². The van der Waals surface area contributed by atoms with Gasteiger partial charge in [-0.15, -0.1) is 11.3 Å². The highest BCUT2D eigenvalue weighted by atomic mass is 32.1. The molecule has 0 bridgehead atoms. The number of carbonyl (C=O) groups excluding carboxylic acids is 1. The van der Waals surface area contributed by atoms with Gasteiger partial charge >= 0.3 is 0 Å². The Kier molecular flexibility index (Phi) is 4.32. The average Bonchev–Trinajstić information content (AvgIpc) is 3.27. The summed E-state index contributed by atoms with van der Waals surface area (Å²) in [5.74, 6) is 0.789. The third kappa shape index (κ3) is 3.03. The molecular formula is C19H21N5OS. The Balaban J connectivity index is 1.78. The van der Waals surface area contributed by atoms with E-state index in [9.17, 15) is 4.79 Å². The fourth-order valence-electron chi connectivity index (χ4n) is 3.18. The van der Waals surface area contributed by atoms with Gasteiger partial charge in [0, 0.05) is 34.0 Å². The summed E-state index contributed by atoms with van der Waals surface area (Å²) in [6.07, 6.45) is 5.53. The molecule has 1 amide bonds. The number of aryl methyl sites for hydroxylation is 2. The van der Waals surface area contributed by atoms with Crippen LogP contribution in [0.2, 0.25) is 0 Å². The lowest BCUT2D eigenvalue weighted by Crippen LogP contribution is -2.23. The monoisotopic (exact) mass is 367 g/mol. The van der Waals surface area contributed by atoms with E-state index in [1.54, 1.807) is 28.4 Å². The van der Waals surface area contributed by atoms with Gasteiger partial charge in [0.15, 0.2) is 0 Å². The van der Waals surface area contributed by atoms with Gasteiger partial charge in [0.2, 0.25) is 0 Å². The summed E-state index contributed by atoms with van der Waals surface area (Å²) in [7, 11) is 0. The second-order valence-corrected chi connectivity index (χ2v) is 8.02. The topological polar surface area (TPSA) is 72.7 Å². The molecule has 134 valence electrons. The van der Waals surface area contributed by atoms with Gasteiger partial charge < -0.3 is 5.32 Å². The Bertz CT molecular complexity index is 970. The molecule has 26 heavy (non-hydrogen) atoms. The standard InChI is InChI=1S/C19H21N5OS/c1-4-20-18(25)15-10-22-24(17(15)13-5-6-13)19-21-8-7-16(23-19)14-9-11(2)26-12(14)3/h7-10,13H,4-6H2,1-3H3,(H,20,25). The molecule has 1 saturated carbocycles. The van der Waals surface area contributed by atoms with E-state index in [0.29, 0.717) is 24.0 Å². The number of hydrogen-bond donors (Lipinski definition) is 1. The van der Waals surface area contributed by atoms with Crippen molar-refractivity contribution in [2.24, 2.45) is 0 Å². The molecule has 1 aliphatic carbocycles. The van der Waals surface area contributed by atoms with E-state index in [4.69, 9.17) is 4.98 Å². The van der Waals surface area contributed by atoms with E-state index in [2.05, 4.69) is 35.3 Å². The first-order valence-corrected chi connectivity index (χ1v) is 9.67. The lowest BCUT2D eigenvalue weighted by atomic mass is 10.1. The summed E-state index contributed by atoms with van der Waals surface area (Å²) < 4.78 is 1.74. The summed E-state index contributed by atoms with van der Waals surface area (Å²) in [6, 6.07) is 4.07. The zero-order valence-electron chi connectivity index (χ0n) is 15.1. The fraction of sp³-hybridized carbons (Fsp3) is 0.368. The van der Waals surface area contributed by atoms with Crippen LogP contribution in [0.25, 0.3) is 17.2 Å². The van der Waals surface area contributed by atoms with Crippen LogP contribution in [0.4, 0.5) is 0 Å². The summed E-state index contributed by atoms with van der Waals surface area (Å²) in [4.78, 5) is 24.0. The van der Waals surface area contributed by atoms with Gasteiger partial charge in [-0.2, -0.15) is 5.10 Å². The Labute approximate surface area is 156 Å². The summed E-state index contributed by atoms with van der Waals surface area (Å²) in [6.45, 7) is 6.71. The maximum Gasteiger partial charge on any atom is 0.254 e. The smallest absolute Gasteiger partial charge is 0.254 e. The predicted octanol–water partition coefficient (Wildman–Crippen LogP) is 3.63. The van der Waals surface area contributed by atoms with E-state index in [1.165, 1.54) is 9.75 Å². The molecule has 1 N–H and O–H groups in total. The van der Waals surface area contributed by atoms with Crippen molar-refractivity contribution in [2.45, 2.75) is 39.5 Å². The molecule has 6 nitrogen and oxygen atoms in total. The highest BCUT2D eigenvalue weighted by Crippen LogP contribution is 2.42. The van der Waals surface area contributed by atoms with Crippen LogP contribution in [0.5, 0.6) is 0 Å². The van der Waals surface area contributed by atoms with E-state index in [0.717, 1.165) is 29.8 Å². The largest absolute Gasteiger partial charge is 0.352 e. The van der Waals surface area contributed by atoms with E-state index >= 15 is 0 Å². The highest BCUT2D eigenvalue weighted by molar-refractivity contribution is 7.12. The minimum Gasteiger partial charge on any atom is -0.352 e. The van der Waals surface area contributed by atoms with E-state index in [1.807, 2.05) is 13.0 Å². The molecule has 4 rings (SSSR count). The Morgan fingerprint density at radius 3 is 2.85 bits per heavy atom. The van der Waals surface area contributed by atoms with Crippen molar-refractivity contribution >= 4 is 17.2 Å². The Morgan fingerprint density at radius 2 is 2.19 bits per heavy atom. The van der Waals surface area contributed by atoms with Crippen LogP contribution < -0.4 is 5.32 Å². The van der Waals surface area contributed by atoms with Crippen LogP contribution in [-0.4, -0.2) is 32.2 Å². The zero-order chi connectivity index (χ0) is 18.3. The van der Waals surface area contributed by atoms with Crippen LogP contribution >= 0.6 is 11.3 Å². The van der Waals surface area contributed by atoms with Crippen molar-refractivity contribution in [2.75, 3.05) is 6.54 Å². The van der Waals surface area contributed by atoms with Crippen LogP contribution in [0.15, 0.2) is 24.5 Å².